The lowest BCUT2D eigenvalue weighted by molar-refractivity contribution is -0.118. The number of halogens is 3. The minimum Gasteiger partial charge on any atom is -0.493 e. The van der Waals surface area contributed by atoms with E-state index in [0.29, 0.717) is 44.6 Å². The number of methoxy groups -OCH3 is 1. The summed E-state index contributed by atoms with van der Waals surface area (Å²) in [7, 11) is 1.47. The molecule has 0 radical (unpaired) electrons. The van der Waals surface area contributed by atoms with Gasteiger partial charge >= 0.3 is 0 Å². The van der Waals surface area contributed by atoms with Crippen LogP contribution in [-0.2, 0) is 11.2 Å². The average molecular weight is 677 g/mol. The number of para-hydroxylation sites is 1. The van der Waals surface area contributed by atoms with Gasteiger partial charge in [0.2, 0.25) is 0 Å². The molecule has 0 saturated heterocycles. The van der Waals surface area contributed by atoms with Crippen molar-refractivity contribution in [2.24, 2.45) is 5.10 Å². The van der Waals surface area contributed by atoms with E-state index in [0.717, 1.165) is 17.3 Å². The number of rotatable bonds is 10. The standard InChI is InChI=1S/C28H25Br2ClN4O4/c1-3-4-10-23-34-21-12-11-18(29)14-20(21)28(37)35(23)32-15-17-13-22(38-2)27(26(31)25(17)30)39-16-24(36)33-19-8-6-5-7-9-19/h5-9,11-15H,3-4,10,16H2,1-2H3,(H,33,36). The molecule has 0 bridgehead atoms. The Morgan fingerprint density at radius 3 is 2.67 bits per heavy atom. The Morgan fingerprint density at radius 1 is 1.18 bits per heavy atom. The molecule has 1 aromatic heterocycles. The van der Waals surface area contributed by atoms with E-state index in [4.69, 9.17) is 26.1 Å². The summed E-state index contributed by atoms with van der Waals surface area (Å²) < 4.78 is 13.8. The van der Waals surface area contributed by atoms with Crippen LogP contribution in [0.3, 0.4) is 0 Å². The number of nitrogens with zero attached hydrogens (tertiary/aromatic N) is 3. The van der Waals surface area contributed by atoms with Gasteiger partial charge in [-0.3, -0.25) is 9.59 Å². The molecule has 4 rings (SSSR count). The zero-order valence-electron chi connectivity index (χ0n) is 21.2. The molecule has 3 aromatic carbocycles. The molecule has 0 aliphatic carbocycles. The van der Waals surface area contributed by atoms with E-state index in [1.54, 1.807) is 24.3 Å². The van der Waals surface area contributed by atoms with Crippen LogP contribution in [0.25, 0.3) is 10.9 Å². The Balaban J connectivity index is 1.64. The molecule has 1 N–H and O–H groups in total. The van der Waals surface area contributed by atoms with E-state index >= 15 is 0 Å². The first kappa shape index (κ1) is 28.8. The van der Waals surface area contributed by atoms with Crippen LogP contribution < -0.4 is 20.3 Å². The number of carbonyl (C=O) groups excluding carboxylic acids is 1. The van der Waals surface area contributed by atoms with Crippen LogP contribution in [0.2, 0.25) is 5.02 Å². The summed E-state index contributed by atoms with van der Waals surface area (Å²) in [5, 5.41) is 7.89. The van der Waals surface area contributed by atoms with Crippen molar-refractivity contribution in [2.75, 3.05) is 19.0 Å². The summed E-state index contributed by atoms with van der Waals surface area (Å²) in [6.45, 7) is 1.80. The van der Waals surface area contributed by atoms with Crippen molar-refractivity contribution in [3.8, 4) is 11.5 Å². The van der Waals surface area contributed by atoms with Crippen LogP contribution in [0, 0.1) is 0 Å². The van der Waals surface area contributed by atoms with Crippen molar-refractivity contribution >= 4 is 72.2 Å². The number of nitrogens with one attached hydrogen (secondary N) is 1. The number of carbonyl (C=O) groups is 1. The Morgan fingerprint density at radius 2 is 1.95 bits per heavy atom. The van der Waals surface area contributed by atoms with Gasteiger partial charge in [-0.25, -0.2) is 4.98 Å². The molecule has 11 heteroatoms. The third kappa shape index (κ3) is 6.87. The number of hydrogen-bond donors (Lipinski definition) is 1. The van der Waals surface area contributed by atoms with E-state index in [1.807, 2.05) is 30.3 Å². The first-order valence-electron chi connectivity index (χ1n) is 12.1. The van der Waals surface area contributed by atoms with Gasteiger partial charge in [0.1, 0.15) is 10.8 Å². The van der Waals surface area contributed by atoms with E-state index in [9.17, 15) is 9.59 Å². The van der Waals surface area contributed by atoms with Gasteiger partial charge in [-0.05, 0) is 58.7 Å². The van der Waals surface area contributed by atoms with E-state index in [2.05, 4.69) is 49.2 Å². The van der Waals surface area contributed by atoms with Crippen LogP contribution in [0.15, 0.2) is 73.4 Å². The number of hydrogen-bond acceptors (Lipinski definition) is 6. The Labute approximate surface area is 247 Å². The number of benzene rings is 3. The minimum atomic E-state index is -0.351. The van der Waals surface area contributed by atoms with Crippen molar-refractivity contribution in [1.82, 2.24) is 9.66 Å². The Bertz CT molecular complexity index is 1590. The lowest BCUT2D eigenvalue weighted by atomic mass is 10.2. The summed E-state index contributed by atoms with van der Waals surface area (Å²) in [4.78, 5) is 30.4. The highest BCUT2D eigenvalue weighted by molar-refractivity contribution is 9.10. The van der Waals surface area contributed by atoms with Gasteiger partial charge in [0.05, 0.1) is 24.2 Å². The van der Waals surface area contributed by atoms with E-state index in [-0.39, 0.29) is 28.8 Å². The van der Waals surface area contributed by atoms with E-state index in [1.165, 1.54) is 18.0 Å². The third-order valence-corrected chi connectivity index (χ3v) is 7.66. The first-order valence-corrected chi connectivity index (χ1v) is 14.1. The molecule has 4 aromatic rings. The lowest BCUT2D eigenvalue weighted by Gasteiger charge is -2.15. The third-order valence-electron chi connectivity index (χ3n) is 5.72. The van der Waals surface area contributed by atoms with Crippen molar-refractivity contribution in [3.63, 3.8) is 0 Å². The van der Waals surface area contributed by atoms with E-state index < -0.39 is 0 Å². The maximum atomic E-state index is 13.4. The van der Waals surface area contributed by atoms with Gasteiger partial charge < -0.3 is 14.8 Å². The predicted octanol–water partition coefficient (Wildman–Crippen LogP) is 6.83. The number of anilines is 1. The van der Waals surface area contributed by atoms with Gasteiger partial charge in [-0.15, -0.1) is 0 Å². The topological polar surface area (TPSA) is 94.8 Å². The van der Waals surface area contributed by atoms with Gasteiger partial charge in [-0.2, -0.15) is 9.78 Å². The molecule has 8 nitrogen and oxygen atoms in total. The van der Waals surface area contributed by atoms with Gasteiger partial charge in [-0.1, -0.05) is 59.1 Å². The van der Waals surface area contributed by atoms with Crippen LogP contribution in [0.1, 0.15) is 31.2 Å². The molecule has 1 heterocycles. The fraction of sp³-hybridized carbons (Fsp3) is 0.214. The second kappa shape index (κ2) is 13.2. The number of aryl methyl sites for hydroxylation is 1. The number of fused-ring (bicyclic) bond motifs is 1. The van der Waals surface area contributed by atoms with Crippen LogP contribution in [-0.4, -0.2) is 35.5 Å². The SMILES string of the molecule is CCCCc1nc2ccc(Br)cc2c(=O)n1N=Cc1cc(OC)c(OCC(=O)Nc2ccccc2)c(Cl)c1Br. The highest BCUT2D eigenvalue weighted by Crippen LogP contribution is 2.42. The monoisotopic (exact) mass is 674 g/mol. The van der Waals surface area contributed by atoms with Gasteiger partial charge in [0.25, 0.3) is 11.5 Å². The molecule has 0 fully saturated rings. The molecule has 202 valence electrons. The molecule has 0 aliphatic rings. The summed E-state index contributed by atoms with van der Waals surface area (Å²) in [5.41, 5.74) is 1.54. The second-order valence-corrected chi connectivity index (χ2v) is 10.6. The summed E-state index contributed by atoms with van der Waals surface area (Å²) in [5.74, 6) is 0.711. The smallest absolute Gasteiger partial charge is 0.282 e. The molecular formula is C28H25Br2ClN4O4. The normalized spacial score (nSPS) is 11.2. The van der Waals surface area contributed by atoms with Crippen molar-refractivity contribution in [1.29, 1.82) is 0 Å². The van der Waals surface area contributed by atoms with Crippen LogP contribution >= 0.6 is 43.5 Å². The molecule has 0 atom stereocenters. The van der Waals surface area contributed by atoms with Crippen LogP contribution in [0.4, 0.5) is 5.69 Å². The average Bonchev–Trinajstić information content (AvgIpc) is 2.93. The summed E-state index contributed by atoms with van der Waals surface area (Å²) >= 11 is 13.5. The molecule has 39 heavy (non-hydrogen) atoms. The molecule has 0 unspecified atom stereocenters. The zero-order valence-corrected chi connectivity index (χ0v) is 25.1. The number of aromatic nitrogens is 2. The van der Waals surface area contributed by atoms with Crippen molar-refractivity contribution < 1.29 is 14.3 Å². The predicted molar refractivity (Wildman–Crippen MR) is 162 cm³/mol. The second-order valence-electron chi connectivity index (χ2n) is 8.48. The highest BCUT2D eigenvalue weighted by atomic mass is 79.9. The molecule has 0 saturated carbocycles. The zero-order chi connectivity index (χ0) is 27.9. The van der Waals surface area contributed by atoms with Crippen LogP contribution in [0.5, 0.6) is 11.5 Å². The number of amides is 1. The summed E-state index contributed by atoms with van der Waals surface area (Å²) in [6.07, 6.45) is 3.91. The highest BCUT2D eigenvalue weighted by Gasteiger charge is 2.19. The van der Waals surface area contributed by atoms with Gasteiger partial charge in [0.15, 0.2) is 18.1 Å². The quantitative estimate of drug-likeness (QED) is 0.186. The number of ether oxygens (including phenoxy) is 2. The molecular weight excluding hydrogens is 652 g/mol. The van der Waals surface area contributed by atoms with Crippen molar-refractivity contribution in [3.05, 3.63) is 90.3 Å². The summed E-state index contributed by atoms with van der Waals surface area (Å²) in [6, 6.07) is 16.1. The largest absolute Gasteiger partial charge is 0.493 e. The lowest BCUT2D eigenvalue weighted by Crippen LogP contribution is -2.22. The van der Waals surface area contributed by atoms with Gasteiger partial charge in [0, 0.05) is 26.6 Å². The Hall–Kier alpha value is -3.21. The fourth-order valence-corrected chi connectivity index (χ4v) is 4.79. The molecule has 0 aliphatic heterocycles. The maximum absolute atomic E-state index is 13.4. The fourth-order valence-electron chi connectivity index (χ4n) is 3.77. The Kier molecular flexibility index (Phi) is 9.77. The molecule has 1 amide bonds. The first-order chi connectivity index (χ1) is 18.8. The number of unbranched alkanes of at least 4 members (excludes halogenated alkanes) is 1. The minimum absolute atomic E-state index is 0.197. The molecule has 0 spiro atoms. The maximum Gasteiger partial charge on any atom is 0.282 e. The van der Waals surface area contributed by atoms with Crippen molar-refractivity contribution in [2.45, 2.75) is 26.2 Å².